The summed E-state index contributed by atoms with van der Waals surface area (Å²) in [7, 11) is 0. The first-order chi connectivity index (χ1) is 14.0. The number of rotatable bonds is 6. The van der Waals surface area contributed by atoms with Gasteiger partial charge < -0.3 is 19.6 Å². The van der Waals surface area contributed by atoms with E-state index in [1.54, 1.807) is 4.57 Å². The van der Waals surface area contributed by atoms with Crippen molar-refractivity contribution in [2.45, 2.75) is 45.8 Å². The van der Waals surface area contributed by atoms with Crippen LogP contribution in [0.1, 0.15) is 40.0 Å². The zero-order chi connectivity index (χ0) is 20.4. The largest absolute Gasteiger partial charge is 0.376 e. The Balaban J connectivity index is 1.48. The lowest BCUT2D eigenvalue weighted by molar-refractivity contribution is 0.0927. The van der Waals surface area contributed by atoms with Crippen LogP contribution in [-0.4, -0.2) is 34.7 Å². The highest BCUT2D eigenvalue weighted by Crippen LogP contribution is 2.18. The molecule has 2 N–H and O–H groups in total. The van der Waals surface area contributed by atoms with Crippen molar-refractivity contribution in [3.63, 3.8) is 0 Å². The van der Waals surface area contributed by atoms with Crippen molar-refractivity contribution in [2.75, 3.05) is 13.2 Å². The van der Waals surface area contributed by atoms with Crippen LogP contribution in [0, 0.1) is 13.8 Å². The summed E-state index contributed by atoms with van der Waals surface area (Å²) in [5, 5.41) is 4.09. The van der Waals surface area contributed by atoms with Gasteiger partial charge in [-0.15, -0.1) is 0 Å². The Labute approximate surface area is 169 Å². The first-order valence-electron chi connectivity index (χ1n) is 10.2. The van der Waals surface area contributed by atoms with Gasteiger partial charge in [0, 0.05) is 35.9 Å². The average Bonchev–Trinajstić information content (AvgIpc) is 3.35. The summed E-state index contributed by atoms with van der Waals surface area (Å²) in [6, 6.07) is 10.0. The Morgan fingerprint density at radius 3 is 2.93 bits per heavy atom. The van der Waals surface area contributed by atoms with Crippen molar-refractivity contribution in [3.8, 4) is 0 Å². The van der Waals surface area contributed by atoms with Crippen LogP contribution in [0.5, 0.6) is 0 Å². The first kappa shape index (κ1) is 19.5. The fourth-order valence-corrected chi connectivity index (χ4v) is 4.16. The van der Waals surface area contributed by atoms with Crippen LogP contribution in [0.3, 0.4) is 0 Å². The van der Waals surface area contributed by atoms with Crippen LogP contribution >= 0.6 is 0 Å². The highest BCUT2D eigenvalue weighted by Gasteiger charge is 2.21. The maximum atomic E-state index is 13.0. The van der Waals surface area contributed by atoms with E-state index in [0.717, 1.165) is 41.6 Å². The molecule has 4 rings (SSSR count). The summed E-state index contributed by atoms with van der Waals surface area (Å²) in [5.41, 5.74) is 3.80. The maximum Gasteiger partial charge on any atom is 0.263 e. The van der Waals surface area contributed by atoms with Crippen LogP contribution in [0.4, 0.5) is 0 Å². The highest BCUT2D eigenvalue weighted by molar-refractivity contribution is 5.95. The van der Waals surface area contributed by atoms with E-state index >= 15 is 0 Å². The van der Waals surface area contributed by atoms with Gasteiger partial charge >= 0.3 is 0 Å². The molecule has 0 aliphatic carbocycles. The Bertz CT molecular complexity index is 1090. The number of benzene rings is 1. The number of H-pyrrole nitrogens is 1. The third-order valence-electron chi connectivity index (χ3n) is 5.70. The van der Waals surface area contributed by atoms with Gasteiger partial charge in [-0.2, -0.15) is 0 Å². The number of pyridine rings is 1. The van der Waals surface area contributed by atoms with Crippen LogP contribution < -0.4 is 10.9 Å². The molecule has 1 atom stereocenters. The lowest BCUT2D eigenvalue weighted by Gasteiger charge is -2.17. The molecule has 1 amide bonds. The van der Waals surface area contributed by atoms with Crippen molar-refractivity contribution in [2.24, 2.45) is 0 Å². The van der Waals surface area contributed by atoms with E-state index in [0.29, 0.717) is 25.1 Å². The van der Waals surface area contributed by atoms with E-state index in [-0.39, 0.29) is 23.1 Å². The monoisotopic (exact) mass is 393 g/mol. The summed E-state index contributed by atoms with van der Waals surface area (Å²) in [6.45, 7) is 5.44. The number of aromatic nitrogens is 2. The normalized spacial score (nSPS) is 16.4. The number of nitrogens with zero attached hydrogens (tertiary/aromatic N) is 1. The maximum absolute atomic E-state index is 13.0. The Kier molecular flexibility index (Phi) is 5.53. The van der Waals surface area contributed by atoms with Gasteiger partial charge in [-0.3, -0.25) is 9.59 Å². The van der Waals surface area contributed by atoms with Crippen LogP contribution in [0.25, 0.3) is 10.9 Å². The number of hydrogen-bond donors (Lipinski definition) is 2. The molecule has 3 heterocycles. The second-order valence-corrected chi connectivity index (χ2v) is 7.76. The smallest absolute Gasteiger partial charge is 0.263 e. The molecule has 0 spiro atoms. The fourth-order valence-electron chi connectivity index (χ4n) is 4.16. The van der Waals surface area contributed by atoms with Gasteiger partial charge in [0.15, 0.2) is 0 Å². The Morgan fingerprint density at radius 1 is 1.31 bits per heavy atom. The quantitative estimate of drug-likeness (QED) is 0.676. The van der Waals surface area contributed by atoms with Crippen molar-refractivity contribution >= 4 is 16.8 Å². The molecule has 6 heteroatoms. The molecule has 2 aromatic heterocycles. The Morgan fingerprint density at radius 2 is 2.14 bits per heavy atom. The number of amides is 1. The van der Waals surface area contributed by atoms with E-state index in [4.69, 9.17) is 4.74 Å². The second kappa shape index (κ2) is 8.25. The van der Waals surface area contributed by atoms with Gasteiger partial charge in [0.05, 0.1) is 12.6 Å². The van der Waals surface area contributed by atoms with Crippen LogP contribution in [0.2, 0.25) is 0 Å². The van der Waals surface area contributed by atoms with E-state index in [1.165, 1.54) is 0 Å². The van der Waals surface area contributed by atoms with Crippen molar-refractivity contribution in [1.29, 1.82) is 0 Å². The molecule has 29 heavy (non-hydrogen) atoms. The number of ether oxygens (including phenoxy) is 1. The molecule has 1 fully saturated rings. The number of hydrogen-bond acceptors (Lipinski definition) is 3. The van der Waals surface area contributed by atoms with Gasteiger partial charge in [-0.25, -0.2) is 0 Å². The molecule has 1 saturated heterocycles. The summed E-state index contributed by atoms with van der Waals surface area (Å²) < 4.78 is 7.35. The number of para-hydroxylation sites is 1. The van der Waals surface area contributed by atoms with Gasteiger partial charge in [-0.05, 0) is 56.4 Å². The second-order valence-electron chi connectivity index (χ2n) is 7.76. The molecule has 0 bridgehead atoms. The zero-order valence-electron chi connectivity index (χ0n) is 17.0. The number of carbonyl (C=O) groups excluding carboxylic acids is 1. The summed E-state index contributed by atoms with van der Waals surface area (Å²) in [5.74, 6) is -0.312. The number of aromatic amines is 1. The lowest BCUT2D eigenvalue weighted by Crippen LogP contribution is -2.37. The lowest BCUT2D eigenvalue weighted by atomic mass is 10.1. The molecular weight excluding hydrogens is 366 g/mol. The standard InChI is InChI=1S/C23H27N3O3/c1-15-12-16(2)26(14-18-6-5-11-29-18)23(28)21(15)22(27)24-10-9-17-13-25-20-8-4-3-7-19(17)20/h3-4,7-8,12-13,18,25H,5-6,9-11,14H2,1-2H3,(H,24,27)/t18-/m0/s1. The van der Waals surface area contributed by atoms with Crippen LogP contribution in [0.15, 0.2) is 41.3 Å². The predicted octanol–water partition coefficient (Wildman–Crippen LogP) is 3.10. The summed E-state index contributed by atoms with van der Waals surface area (Å²) in [4.78, 5) is 29.1. The minimum absolute atomic E-state index is 0.0480. The third-order valence-corrected chi connectivity index (χ3v) is 5.70. The number of nitrogens with one attached hydrogen (secondary N) is 2. The van der Waals surface area contributed by atoms with Crippen molar-refractivity contribution in [3.05, 3.63) is 69.3 Å². The fraction of sp³-hybridized carbons (Fsp3) is 0.391. The predicted molar refractivity (Wildman–Crippen MR) is 113 cm³/mol. The SMILES string of the molecule is Cc1cc(C)n(C[C@@H]2CCCO2)c(=O)c1C(=O)NCCc1c[nH]c2ccccc12. The molecular formula is C23H27N3O3. The van der Waals surface area contributed by atoms with Gasteiger partial charge in [0.1, 0.15) is 5.56 Å². The summed E-state index contributed by atoms with van der Waals surface area (Å²) >= 11 is 0. The van der Waals surface area contributed by atoms with Gasteiger partial charge in [0.25, 0.3) is 11.5 Å². The van der Waals surface area contributed by atoms with Crippen LogP contribution in [-0.2, 0) is 17.7 Å². The van der Waals surface area contributed by atoms with Gasteiger partial charge in [0.2, 0.25) is 0 Å². The zero-order valence-corrected chi connectivity index (χ0v) is 17.0. The molecule has 1 aliphatic rings. The number of fused-ring (bicyclic) bond motifs is 1. The van der Waals surface area contributed by atoms with Gasteiger partial charge in [-0.1, -0.05) is 18.2 Å². The third kappa shape index (κ3) is 3.98. The summed E-state index contributed by atoms with van der Waals surface area (Å²) in [6.07, 6.45) is 4.69. The van der Waals surface area contributed by atoms with E-state index in [2.05, 4.69) is 16.4 Å². The molecule has 1 aliphatic heterocycles. The molecule has 0 unspecified atom stereocenters. The molecule has 1 aromatic carbocycles. The van der Waals surface area contributed by atoms with E-state index in [1.807, 2.05) is 44.3 Å². The molecule has 0 radical (unpaired) electrons. The van der Waals surface area contributed by atoms with Crippen molar-refractivity contribution in [1.82, 2.24) is 14.9 Å². The molecule has 0 saturated carbocycles. The molecule has 152 valence electrons. The topological polar surface area (TPSA) is 76.1 Å². The first-order valence-corrected chi connectivity index (χ1v) is 10.2. The minimum Gasteiger partial charge on any atom is -0.376 e. The van der Waals surface area contributed by atoms with E-state index in [9.17, 15) is 9.59 Å². The van der Waals surface area contributed by atoms with E-state index < -0.39 is 0 Å². The minimum atomic E-state index is -0.312. The van der Waals surface area contributed by atoms with Crippen molar-refractivity contribution < 1.29 is 9.53 Å². The molecule has 6 nitrogen and oxygen atoms in total. The Hall–Kier alpha value is -2.86. The number of aryl methyl sites for hydroxylation is 2. The molecule has 3 aromatic rings. The number of carbonyl (C=O) groups is 1. The average molecular weight is 393 g/mol. The highest BCUT2D eigenvalue weighted by atomic mass is 16.5.